The molecule has 15 aromatic carbocycles. The number of hydrogen-bond acceptors (Lipinski definition) is 1. The number of fused-ring (bicyclic) bond motifs is 15. The van der Waals surface area contributed by atoms with Gasteiger partial charge in [0.05, 0.1) is 44.1 Å². The van der Waals surface area contributed by atoms with Crippen LogP contribution in [0.5, 0.6) is 0 Å². The molecule has 0 radical (unpaired) electrons. The molecule has 0 bridgehead atoms. The van der Waals surface area contributed by atoms with Gasteiger partial charge in [-0.05, 0) is 173 Å². The molecule has 101 heavy (non-hydrogen) atoms. The summed E-state index contributed by atoms with van der Waals surface area (Å²) in [5.74, 6) is 0. The summed E-state index contributed by atoms with van der Waals surface area (Å²) in [5.41, 5.74) is 23.0. The highest BCUT2D eigenvalue weighted by molar-refractivity contribution is 7.25. The van der Waals surface area contributed by atoms with Gasteiger partial charge in [0.15, 0.2) is 0 Å². The normalized spacial score (nSPS) is 11.1. The summed E-state index contributed by atoms with van der Waals surface area (Å²) in [7, 11) is 0. The summed E-state index contributed by atoms with van der Waals surface area (Å²) in [6, 6.07) is 129. The molecule has 0 aliphatic heterocycles. The van der Waals surface area contributed by atoms with E-state index in [2.05, 4.69) is 406 Å². The number of aryl methyl sites for hydroxylation is 6. The van der Waals surface area contributed by atoms with Gasteiger partial charge in [0.25, 0.3) is 0 Å². The van der Waals surface area contributed by atoms with Gasteiger partial charge in [0.1, 0.15) is 0 Å². The number of rotatable bonds is 4. The molecule has 5 aromatic heterocycles. The lowest BCUT2D eigenvalue weighted by Crippen LogP contribution is -1.94. The Morgan fingerprint density at radius 2 is 0.535 bits per heavy atom. The summed E-state index contributed by atoms with van der Waals surface area (Å²) >= 11 is 1.88. The van der Waals surface area contributed by atoms with Gasteiger partial charge in [-0.3, -0.25) is 0 Å². The summed E-state index contributed by atoms with van der Waals surface area (Å²) in [6.45, 7) is 12.9. The van der Waals surface area contributed by atoms with E-state index in [4.69, 9.17) is 0 Å². The fourth-order valence-electron chi connectivity index (χ4n) is 14.5. The van der Waals surface area contributed by atoms with Crippen LogP contribution >= 0.6 is 11.3 Å². The van der Waals surface area contributed by atoms with Crippen molar-refractivity contribution in [1.82, 2.24) is 18.3 Å². The van der Waals surface area contributed by atoms with E-state index in [1.807, 2.05) is 29.5 Å². The first-order valence-electron chi connectivity index (χ1n) is 34.7. The van der Waals surface area contributed by atoms with E-state index in [1.165, 1.54) is 164 Å². The molecular weight excluding hydrogens is 1240 g/mol. The second-order valence-electron chi connectivity index (χ2n) is 25.9. The lowest BCUT2D eigenvalue weighted by atomic mass is 10.1. The Kier molecular flexibility index (Phi) is 18.6. The van der Waals surface area contributed by atoms with Crippen LogP contribution in [-0.2, 0) is 0 Å². The van der Waals surface area contributed by atoms with Crippen molar-refractivity contribution in [3.8, 4) is 22.7 Å². The van der Waals surface area contributed by atoms with E-state index < -0.39 is 0 Å². The molecule has 0 N–H and O–H groups in total. The van der Waals surface area contributed by atoms with Crippen LogP contribution in [0.2, 0.25) is 0 Å². The molecule has 0 atom stereocenters. The Hall–Kier alpha value is -12.3. The Balaban J connectivity index is 0.000000100. The predicted molar refractivity (Wildman–Crippen MR) is 437 cm³/mol. The molecule has 0 aliphatic rings. The first-order chi connectivity index (χ1) is 49.7. The molecule has 488 valence electrons. The summed E-state index contributed by atoms with van der Waals surface area (Å²) in [4.78, 5) is 0. The van der Waals surface area contributed by atoms with Crippen molar-refractivity contribution in [3.05, 3.63) is 397 Å². The van der Waals surface area contributed by atoms with Crippen molar-refractivity contribution in [2.75, 3.05) is 0 Å². The summed E-state index contributed by atoms with van der Waals surface area (Å²) in [6.07, 6.45) is 0. The molecule has 20 aromatic rings. The minimum Gasteiger partial charge on any atom is -0.309 e. The molecule has 0 spiro atoms. The molecule has 20 rings (SSSR count). The third-order valence-electron chi connectivity index (χ3n) is 19.1. The van der Waals surface area contributed by atoms with E-state index in [9.17, 15) is 0 Å². The van der Waals surface area contributed by atoms with E-state index >= 15 is 0 Å². The molecule has 0 saturated carbocycles. The van der Waals surface area contributed by atoms with Crippen LogP contribution in [0.15, 0.2) is 364 Å². The SMILES string of the molecule is Cc1ccc2c(c1)c1ccccc1n2-c1ccccc1.Cc1ccc2c3ccccc3n(-c3ccccc3)c2c1.Cc1cccc2c1c1ccccc1n2-c1ccccc1.Cc1cccc2c3ccccc3n(-c3ccccc3)c12.Cc1cccc2sc3ccccc3c12.Cc1ccccc1. The van der Waals surface area contributed by atoms with Gasteiger partial charge in [0.2, 0.25) is 0 Å². The van der Waals surface area contributed by atoms with E-state index in [0.29, 0.717) is 0 Å². The van der Waals surface area contributed by atoms with Crippen LogP contribution in [-0.4, -0.2) is 18.3 Å². The van der Waals surface area contributed by atoms with Crippen molar-refractivity contribution in [2.45, 2.75) is 41.5 Å². The smallest absolute Gasteiger partial charge is 0.0570 e. The largest absolute Gasteiger partial charge is 0.309 e. The average Bonchev–Trinajstić information content (AvgIpc) is 1.62. The zero-order valence-corrected chi connectivity index (χ0v) is 58.7. The fourth-order valence-corrected chi connectivity index (χ4v) is 15.6. The zero-order valence-electron chi connectivity index (χ0n) is 57.8. The maximum absolute atomic E-state index is 2.36. The average molecular weight is 1320 g/mol. The fraction of sp³-hybridized carbons (Fsp3) is 0.0625. The zero-order chi connectivity index (χ0) is 68.8. The van der Waals surface area contributed by atoms with Crippen molar-refractivity contribution >= 4 is 119 Å². The lowest BCUT2D eigenvalue weighted by Gasteiger charge is -2.08. The monoisotopic (exact) mass is 1320 g/mol. The van der Waals surface area contributed by atoms with E-state index in [-0.39, 0.29) is 0 Å². The highest BCUT2D eigenvalue weighted by Crippen LogP contribution is 2.39. The van der Waals surface area contributed by atoms with Gasteiger partial charge in [-0.15, -0.1) is 11.3 Å². The van der Waals surface area contributed by atoms with Crippen LogP contribution in [0.25, 0.3) is 130 Å². The second kappa shape index (κ2) is 29.0. The highest BCUT2D eigenvalue weighted by Gasteiger charge is 2.17. The molecule has 5 heteroatoms. The third-order valence-corrected chi connectivity index (χ3v) is 20.2. The van der Waals surface area contributed by atoms with Crippen LogP contribution in [0.3, 0.4) is 0 Å². The van der Waals surface area contributed by atoms with Crippen molar-refractivity contribution in [3.63, 3.8) is 0 Å². The van der Waals surface area contributed by atoms with E-state index in [1.54, 1.807) is 0 Å². The molecule has 0 saturated heterocycles. The molecule has 4 nitrogen and oxygen atoms in total. The van der Waals surface area contributed by atoms with Gasteiger partial charge in [-0.25, -0.2) is 0 Å². The Morgan fingerprint density at radius 3 is 1.10 bits per heavy atom. The van der Waals surface area contributed by atoms with Crippen LogP contribution in [0.4, 0.5) is 0 Å². The third kappa shape index (κ3) is 13.0. The lowest BCUT2D eigenvalue weighted by molar-refractivity contribution is 1.17. The molecule has 0 amide bonds. The standard InChI is InChI=1S/4C19H15N.C13H10S.C7H8/c1-14-8-7-12-17-16-11-5-6-13-18(16)20(19(14)17)15-9-3-2-4-10-15;1-14-8-7-13-18-19(14)16-11-5-6-12-17(16)20(18)15-9-3-2-4-10-15;1-14-11-12-19-17(13-14)16-9-5-6-10-18(16)20(19)15-7-3-2-4-8-15;1-14-11-12-17-16-9-5-6-10-18(16)20(19(17)13-14)15-7-3-2-4-8-15;1-9-5-4-8-12-13(9)10-6-2-3-7-11(10)14-12;1-7-5-3-2-4-6-7/h4*2-13H,1H3;2-8H,1H3;2-6H,1H3. The van der Waals surface area contributed by atoms with Gasteiger partial charge < -0.3 is 18.3 Å². The number of nitrogens with zero attached hydrogens (tertiary/aromatic N) is 4. The minimum atomic E-state index is 1.21. The van der Waals surface area contributed by atoms with Crippen LogP contribution < -0.4 is 0 Å². The molecular formula is C96H78N4S. The van der Waals surface area contributed by atoms with Gasteiger partial charge in [0, 0.05) is 86.0 Å². The summed E-state index contributed by atoms with van der Waals surface area (Å²) in [5, 5.41) is 13.4. The van der Waals surface area contributed by atoms with E-state index in [0.717, 1.165) is 0 Å². The van der Waals surface area contributed by atoms with Crippen molar-refractivity contribution < 1.29 is 0 Å². The topological polar surface area (TPSA) is 19.7 Å². The van der Waals surface area contributed by atoms with Crippen LogP contribution in [0.1, 0.15) is 33.4 Å². The Morgan fingerprint density at radius 1 is 0.188 bits per heavy atom. The molecule has 0 unspecified atom stereocenters. The number of para-hydroxylation sites is 9. The quantitative estimate of drug-likeness (QED) is 0.167. The van der Waals surface area contributed by atoms with Crippen molar-refractivity contribution in [2.24, 2.45) is 0 Å². The number of hydrogen-bond donors (Lipinski definition) is 0. The second-order valence-corrected chi connectivity index (χ2v) is 27.0. The highest BCUT2D eigenvalue weighted by atomic mass is 32.1. The Bertz CT molecular complexity index is 6190. The maximum Gasteiger partial charge on any atom is 0.0570 e. The number of benzene rings is 15. The van der Waals surface area contributed by atoms with Gasteiger partial charge in [-0.2, -0.15) is 0 Å². The van der Waals surface area contributed by atoms with Gasteiger partial charge >= 0.3 is 0 Å². The van der Waals surface area contributed by atoms with Crippen molar-refractivity contribution in [1.29, 1.82) is 0 Å². The summed E-state index contributed by atoms with van der Waals surface area (Å²) < 4.78 is 12.2. The Labute approximate surface area is 594 Å². The molecule has 0 fully saturated rings. The van der Waals surface area contributed by atoms with Crippen LogP contribution in [0, 0.1) is 41.5 Å². The molecule has 5 heterocycles. The first kappa shape index (κ1) is 64.7. The maximum atomic E-state index is 2.36. The number of aromatic nitrogens is 4. The minimum absolute atomic E-state index is 1.21. The van der Waals surface area contributed by atoms with Gasteiger partial charge in [-0.1, -0.05) is 266 Å². The molecule has 0 aliphatic carbocycles. The number of thiophene rings is 1. The predicted octanol–water partition coefficient (Wildman–Crippen LogP) is 26.7. The first-order valence-corrected chi connectivity index (χ1v) is 35.6.